The summed E-state index contributed by atoms with van der Waals surface area (Å²) in [4.78, 5) is 0.335. The molecule has 2 unspecified atom stereocenters. The lowest BCUT2D eigenvalue weighted by molar-refractivity contribution is 0.180. The van der Waals surface area contributed by atoms with Crippen LogP contribution in [0.15, 0.2) is 23.1 Å². The second-order valence-electron chi connectivity index (χ2n) is 5.88. The minimum absolute atomic E-state index is 0.110. The molecule has 5 nitrogen and oxygen atoms in total. The molecule has 2 atom stereocenters. The second kappa shape index (κ2) is 5.94. The molecule has 2 aliphatic rings. The van der Waals surface area contributed by atoms with Crippen LogP contribution in [-0.2, 0) is 21.2 Å². The van der Waals surface area contributed by atoms with E-state index in [1.165, 1.54) is 5.56 Å². The van der Waals surface area contributed by atoms with Crippen molar-refractivity contribution in [1.29, 1.82) is 0 Å². The fraction of sp³-hybridized carbons (Fsp3) is 0.600. The first kappa shape index (κ1) is 14.8. The van der Waals surface area contributed by atoms with E-state index in [9.17, 15) is 8.42 Å². The largest absolute Gasteiger partial charge is 0.385 e. The summed E-state index contributed by atoms with van der Waals surface area (Å²) in [6.45, 7) is 4.17. The number of anilines is 1. The van der Waals surface area contributed by atoms with Gasteiger partial charge in [-0.05, 0) is 43.9 Å². The lowest BCUT2D eigenvalue weighted by atomic mass is 10.0. The molecule has 2 heterocycles. The Morgan fingerprint density at radius 3 is 3.05 bits per heavy atom. The number of aryl methyl sites for hydroxylation is 1. The first-order valence-electron chi connectivity index (χ1n) is 7.53. The Hall–Kier alpha value is -1.11. The Morgan fingerprint density at radius 1 is 1.43 bits per heavy atom. The van der Waals surface area contributed by atoms with Gasteiger partial charge in [-0.25, -0.2) is 13.1 Å². The van der Waals surface area contributed by atoms with E-state index in [1.54, 1.807) is 12.1 Å². The van der Waals surface area contributed by atoms with Gasteiger partial charge in [0.25, 0.3) is 0 Å². The normalized spacial score (nSPS) is 23.4. The van der Waals surface area contributed by atoms with Crippen molar-refractivity contribution in [2.45, 2.75) is 37.1 Å². The van der Waals surface area contributed by atoms with Crippen LogP contribution in [0.25, 0.3) is 0 Å². The van der Waals surface area contributed by atoms with Crippen LogP contribution in [0.2, 0.25) is 0 Å². The summed E-state index contributed by atoms with van der Waals surface area (Å²) in [7, 11) is -3.48. The van der Waals surface area contributed by atoms with Crippen molar-refractivity contribution in [3.05, 3.63) is 23.8 Å². The summed E-state index contributed by atoms with van der Waals surface area (Å²) < 4.78 is 33.1. The van der Waals surface area contributed by atoms with E-state index in [-0.39, 0.29) is 12.0 Å². The van der Waals surface area contributed by atoms with Gasteiger partial charge in [-0.2, -0.15) is 0 Å². The number of sulfonamides is 1. The van der Waals surface area contributed by atoms with Gasteiger partial charge in [-0.3, -0.25) is 0 Å². The average molecular weight is 310 g/mol. The molecule has 2 N–H and O–H groups in total. The monoisotopic (exact) mass is 310 g/mol. The zero-order chi connectivity index (χ0) is 14.9. The molecule has 0 bridgehead atoms. The minimum Gasteiger partial charge on any atom is -0.385 e. The second-order valence-corrected chi connectivity index (χ2v) is 7.60. The lowest BCUT2D eigenvalue weighted by Gasteiger charge is -2.21. The van der Waals surface area contributed by atoms with Gasteiger partial charge in [0, 0.05) is 30.8 Å². The summed E-state index contributed by atoms with van der Waals surface area (Å²) in [5.74, 6) is 0.260. The Kier molecular flexibility index (Phi) is 4.19. The number of nitrogens with one attached hydrogen (secondary N) is 2. The highest BCUT2D eigenvalue weighted by Crippen LogP contribution is 2.26. The maximum Gasteiger partial charge on any atom is 0.240 e. The molecule has 0 amide bonds. The highest BCUT2D eigenvalue weighted by molar-refractivity contribution is 7.89. The molecule has 2 aliphatic heterocycles. The zero-order valence-corrected chi connectivity index (χ0v) is 13.1. The molecule has 0 spiro atoms. The van der Waals surface area contributed by atoms with Gasteiger partial charge in [-0.15, -0.1) is 0 Å². The SMILES string of the molecule is CC(NS(=O)(=O)c1ccc2c(c1)NCCC2)C1CCOC1. The Labute approximate surface area is 126 Å². The average Bonchev–Trinajstić information content (AvgIpc) is 3.00. The van der Waals surface area contributed by atoms with E-state index in [1.807, 2.05) is 13.0 Å². The van der Waals surface area contributed by atoms with Crippen molar-refractivity contribution in [3.8, 4) is 0 Å². The van der Waals surface area contributed by atoms with Crippen molar-refractivity contribution in [3.63, 3.8) is 0 Å². The Morgan fingerprint density at radius 2 is 2.29 bits per heavy atom. The smallest absolute Gasteiger partial charge is 0.240 e. The molecule has 3 rings (SSSR count). The van der Waals surface area contributed by atoms with E-state index < -0.39 is 10.0 Å². The Bertz CT molecular complexity index is 609. The van der Waals surface area contributed by atoms with Crippen LogP contribution < -0.4 is 10.0 Å². The molecule has 21 heavy (non-hydrogen) atoms. The van der Waals surface area contributed by atoms with Gasteiger partial charge in [0.1, 0.15) is 0 Å². The van der Waals surface area contributed by atoms with E-state index >= 15 is 0 Å². The summed E-state index contributed by atoms with van der Waals surface area (Å²) >= 11 is 0. The van der Waals surface area contributed by atoms with Gasteiger partial charge in [0.15, 0.2) is 0 Å². The molecule has 0 saturated carbocycles. The van der Waals surface area contributed by atoms with Crippen LogP contribution in [0.1, 0.15) is 25.3 Å². The predicted octanol–water partition coefficient (Wildman–Crippen LogP) is 1.75. The van der Waals surface area contributed by atoms with Gasteiger partial charge < -0.3 is 10.1 Å². The third kappa shape index (κ3) is 3.22. The van der Waals surface area contributed by atoms with Gasteiger partial charge in [-0.1, -0.05) is 6.07 Å². The van der Waals surface area contributed by atoms with Gasteiger partial charge in [0.05, 0.1) is 11.5 Å². The van der Waals surface area contributed by atoms with Crippen molar-refractivity contribution < 1.29 is 13.2 Å². The molecule has 1 saturated heterocycles. The molecular weight excluding hydrogens is 288 g/mol. The first-order chi connectivity index (χ1) is 10.1. The van der Waals surface area contributed by atoms with E-state index in [2.05, 4.69) is 10.0 Å². The Balaban J connectivity index is 1.77. The number of hydrogen-bond acceptors (Lipinski definition) is 4. The fourth-order valence-electron chi connectivity index (χ4n) is 2.96. The predicted molar refractivity (Wildman–Crippen MR) is 82.0 cm³/mol. The summed E-state index contributed by atoms with van der Waals surface area (Å²) in [6, 6.07) is 5.25. The number of ether oxygens (including phenoxy) is 1. The third-order valence-corrected chi connectivity index (χ3v) is 5.90. The molecule has 0 aliphatic carbocycles. The third-order valence-electron chi connectivity index (χ3n) is 4.34. The van der Waals surface area contributed by atoms with Crippen molar-refractivity contribution in [2.75, 3.05) is 25.1 Å². The van der Waals surface area contributed by atoms with Crippen LogP contribution in [0, 0.1) is 5.92 Å². The molecule has 1 fully saturated rings. The quantitative estimate of drug-likeness (QED) is 0.889. The molecule has 0 radical (unpaired) electrons. The van der Waals surface area contributed by atoms with Crippen molar-refractivity contribution >= 4 is 15.7 Å². The topological polar surface area (TPSA) is 67.4 Å². The van der Waals surface area contributed by atoms with Crippen LogP contribution in [-0.4, -0.2) is 34.2 Å². The molecule has 1 aromatic rings. The summed E-state index contributed by atoms with van der Waals surface area (Å²) in [6.07, 6.45) is 3.01. The summed E-state index contributed by atoms with van der Waals surface area (Å²) in [5, 5.41) is 3.27. The van der Waals surface area contributed by atoms with Crippen molar-refractivity contribution in [1.82, 2.24) is 4.72 Å². The van der Waals surface area contributed by atoms with Crippen LogP contribution in [0.5, 0.6) is 0 Å². The highest BCUT2D eigenvalue weighted by atomic mass is 32.2. The van der Waals surface area contributed by atoms with Crippen LogP contribution >= 0.6 is 0 Å². The fourth-order valence-corrected chi connectivity index (χ4v) is 4.30. The van der Waals surface area contributed by atoms with Gasteiger partial charge in [0.2, 0.25) is 10.0 Å². The van der Waals surface area contributed by atoms with Crippen LogP contribution in [0.3, 0.4) is 0 Å². The standard InChI is InChI=1S/C15H22N2O3S/c1-11(13-6-8-20-10-13)17-21(18,19)14-5-4-12-3-2-7-16-15(12)9-14/h4-5,9,11,13,16-17H,2-3,6-8,10H2,1H3. The molecular formula is C15H22N2O3S. The number of hydrogen-bond donors (Lipinski definition) is 2. The van der Waals surface area contributed by atoms with E-state index in [0.717, 1.165) is 38.1 Å². The number of rotatable bonds is 4. The maximum absolute atomic E-state index is 12.5. The van der Waals surface area contributed by atoms with Gasteiger partial charge >= 0.3 is 0 Å². The number of fused-ring (bicyclic) bond motifs is 1. The zero-order valence-electron chi connectivity index (χ0n) is 12.3. The molecule has 1 aromatic carbocycles. The minimum atomic E-state index is -3.48. The highest BCUT2D eigenvalue weighted by Gasteiger charge is 2.27. The summed E-state index contributed by atoms with van der Waals surface area (Å²) in [5.41, 5.74) is 2.14. The molecule has 6 heteroatoms. The lowest BCUT2D eigenvalue weighted by Crippen LogP contribution is -2.38. The van der Waals surface area contributed by atoms with E-state index in [0.29, 0.717) is 11.5 Å². The van der Waals surface area contributed by atoms with E-state index in [4.69, 9.17) is 4.74 Å². The van der Waals surface area contributed by atoms with Crippen molar-refractivity contribution in [2.24, 2.45) is 5.92 Å². The van der Waals surface area contributed by atoms with Crippen LogP contribution in [0.4, 0.5) is 5.69 Å². The first-order valence-corrected chi connectivity index (χ1v) is 9.01. The molecule has 116 valence electrons. The molecule has 0 aromatic heterocycles. The maximum atomic E-state index is 12.5. The number of benzene rings is 1.